The van der Waals surface area contributed by atoms with Gasteiger partial charge in [0.1, 0.15) is 11.6 Å². The maximum atomic E-state index is 13.3. The summed E-state index contributed by atoms with van der Waals surface area (Å²) in [6.45, 7) is 3.64. The number of Topliss-reactive ketones (excluding diaryl/α,β-unsaturated/α-hetero) is 1. The molecule has 6 heteroatoms. The van der Waals surface area contributed by atoms with Crippen molar-refractivity contribution in [3.05, 3.63) is 39.4 Å². The van der Waals surface area contributed by atoms with Gasteiger partial charge < -0.3 is 0 Å². The van der Waals surface area contributed by atoms with Gasteiger partial charge in [0, 0.05) is 24.5 Å². The van der Waals surface area contributed by atoms with E-state index in [9.17, 15) is 23.7 Å². The van der Waals surface area contributed by atoms with E-state index < -0.39 is 22.2 Å². The molecule has 0 saturated heterocycles. The fourth-order valence-corrected chi connectivity index (χ4v) is 1.70. The Balaban J connectivity index is 3.07. The van der Waals surface area contributed by atoms with Crippen LogP contribution in [0.25, 0.3) is 0 Å². The molecule has 4 nitrogen and oxygen atoms in total. The molecule has 1 rings (SSSR count). The van der Waals surface area contributed by atoms with Crippen LogP contribution in [0.3, 0.4) is 0 Å². The molecule has 0 radical (unpaired) electrons. The molecule has 18 heavy (non-hydrogen) atoms. The van der Waals surface area contributed by atoms with Gasteiger partial charge in [0.05, 0.1) is 4.92 Å². The molecule has 0 unspecified atom stereocenters. The molecule has 0 atom stereocenters. The summed E-state index contributed by atoms with van der Waals surface area (Å²) < 4.78 is 26.3. The van der Waals surface area contributed by atoms with E-state index in [4.69, 9.17) is 0 Å². The predicted molar refractivity (Wildman–Crippen MR) is 61.2 cm³/mol. The van der Waals surface area contributed by atoms with Crippen LogP contribution in [0.2, 0.25) is 0 Å². The van der Waals surface area contributed by atoms with E-state index in [0.717, 1.165) is 6.07 Å². The third-order valence-corrected chi connectivity index (χ3v) is 2.31. The van der Waals surface area contributed by atoms with Crippen molar-refractivity contribution in [2.24, 2.45) is 5.92 Å². The highest BCUT2D eigenvalue weighted by Crippen LogP contribution is 2.25. The van der Waals surface area contributed by atoms with Crippen LogP contribution < -0.4 is 0 Å². The molecule has 0 bridgehead atoms. The molecule has 0 fully saturated rings. The lowest BCUT2D eigenvalue weighted by Crippen LogP contribution is -2.09. The fourth-order valence-electron chi connectivity index (χ4n) is 1.70. The van der Waals surface area contributed by atoms with Crippen molar-refractivity contribution in [1.29, 1.82) is 0 Å². The predicted octanol–water partition coefficient (Wildman–Crippen LogP) is 3.03. The average molecular weight is 257 g/mol. The molecule has 0 heterocycles. The van der Waals surface area contributed by atoms with Crippen LogP contribution in [0, 0.1) is 27.7 Å². The van der Waals surface area contributed by atoms with Gasteiger partial charge in [-0.1, -0.05) is 13.8 Å². The van der Waals surface area contributed by atoms with Crippen LogP contribution in [0.1, 0.15) is 25.8 Å². The van der Waals surface area contributed by atoms with Crippen molar-refractivity contribution in [1.82, 2.24) is 0 Å². The van der Waals surface area contributed by atoms with Crippen molar-refractivity contribution in [2.45, 2.75) is 26.7 Å². The molecule has 0 aliphatic heterocycles. The van der Waals surface area contributed by atoms with Crippen molar-refractivity contribution < 1.29 is 18.5 Å². The van der Waals surface area contributed by atoms with Crippen molar-refractivity contribution >= 4 is 11.5 Å². The number of hydrogen-bond acceptors (Lipinski definition) is 3. The van der Waals surface area contributed by atoms with E-state index in [0.29, 0.717) is 6.07 Å². The Bertz CT molecular complexity index is 486. The molecule has 0 N–H and O–H groups in total. The van der Waals surface area contributed by atoms with E-state index in [1.54, 1.807) is 0 Å². The zero-order valence-electron chi connectivity index (χ0n) is 10.1. The van der Waals surface area contributed by atoms with Crippen LogP contribution in [0.5, 0.6) is 0 Å². The van der Waals surface area contributed by atoms with E-state index in [2.05, 4.69) is 0 Å². The number of carbonyl (C=O) groups is 1. The summed E-state index contributed by atoms with van der Waals surface area (Å²) >= 11 is 0. The Labute approximate surface area is 103 Å². The molecule has 0 saturated carbocycles. The third-order valence-electron chi connectivity index (χ3n) is 2.31. The largest absolute Gasteiger partial charge is 0.308 e. The van der Waals surface area contributed by atoms with Gasteiger partial charge in [-0.3, -0.25) is 14.9 Å². The van der Waals surface area contributed by atoms with Gasteiger partial charge in [-0.05, 0) is 12.0 Å². The molecule has 0 aromatic heterocycles. The summed E-state index contributed by atoms with van der Waals surface area (Å²) in [5.74, 6) is -2.37. The van der Waals surface area contributed by atoms with Gasteiger partial charge in [-0.25, -0.2) is 4.39 Å². The summed E-state index contributed by atoms with van der Waals surface area (Å²) in [6.07, 6.45) is -0.113. The number of hydrogen-bond donors (Lipinski definition) is 0. The monoisotopic (exact) mass is 257 g/mol. The topological polar surface area (TPSA) is 60.2 Å². The standard InChI is InChI=1S/C12H13F2NO3/c1-7(2)3-10(16)5-8-4-9(13)6-11(14)12(8)15(17)18/h4,6-7H,3,5H2,1-2H3. The molecule has 0 amide bonds. The SMILES string of the molecule is CC(C)CC(=O)Cc1cc(F)cc(F)c1[N+](=O)[O-]. The Morgan fingerprint density at radius 2 is 2.00 bits per heavy atom. The van der Waals surface area contributed by atoms with Crippen LogP contribution in [0.15, 0.2) is 12.1 Å². The number of nitrogens with zero attached hydrogens (tertiary/aromatic N) is 1. The molecule has 1 aromatic rings. The summed E-state index contributed by atoms with van der Waals surface area (Å²) in [6, 6.07) is 1.27. The molecular weight excluding hydrogens is 244 g/mol. The zero-order valence-corrected chi connectivity index (χ0v) is 10.1. The van der Waals surface area contributed by atoms with Crippen molar-refractivity contribution in [3.8, 4) is 0 Å². The summed E-state index contributed by atoms with van der Waals surface area (Å²) in [7, 11) is 0. The van der Waals surface area contributed by atoms with Gasteiger partial charge >= 0.3 is 5.69 Å². The van der Waals surface area contributed by atoms with E-state index in [-0.39, 0.29) is 30.1 Å². The number of rotatable bonds is 5. The third kappa shape index (κ3) is 3.58. The second-order valence-corrected chi connectivity index (χ2v) is 4.47. The number of benzene rings is 1. The summed E-state index contributed by atoms with van der Waals surface area (Å²) in [5.41, 5.74) is -1.04. The van der Waals surface area contributed by atoms with Crippen molar-refractivity contribution in [3.63, 3.8) is 0 Å². The zero-order chi connectivity index (χ0) is 13.9. The first-order chi connectivity index (χ1) is 8.31. The summed E-state index contributed by atoms with van der Waals surface area (Å²) in [4.78, 5) is 21.3. The molecular formula is C12H13F2NO3. The lowest BCUT2D eigenvalue weighted by Gasteiger charge is -2.05. The minimum Gasteiger partial charge on any atom is -0.299 e. The van der Waals surface area contributed by atoms with Gasteiger partial charge in [0.25, 0.3) is 0 Å². The normalized spacial score (nSPS) is 10.7. The van der Waals surface area contributed by atoms with Crippen LogP contribution >= 0.6 is 0 Å². The number of nitro benzene ring substituents is 1. The first-order valence-corrected chi connectivity index (χ1v) is 5.45. The van der Waals surface area contributed by atoms with E-state index >= 15 is 0 Å². The Morgan fingerprint density at radius 3 is 2.50 bits per heavy atom. The van der Waals surface area contributed by atoms with Gasteiger partial charge in [0.2, 0.25) is 5.82 Å². The molecule has 98 valence electrons. The minimum atomic E-state index is -1.26. The Hall–Kier alpha value is -1.85. The smallest absolute Gasteiger partial charge is 0.299 e. The highest BCUT2D eigenvalue weighted by molar-refractivity contribution is 5.82. The van der Waals surface area contributed by atoms with E-state index in [1.807, 2.05) is 13.8 Å². The second kappa shape index (κ2) is 5.66. The van der Waals surface area contributed by atoms with Gasteiger partial charge in [-0.15, -0.1) is 0 Å². The maximum absolute atomic E-state index is 13.3. The van der Waals surface area contributed by atoms with Crippen LogP contribution in [-0.4, -0.2) is 10.7 Å². The molecule has 0 spiro atoms. The van der Waals surface area contributed by atoms with E-state index in [1.165, 1.54) is 0 Å². The maximum Gasteiger partial charge on any atom is 0.308 e. The number of ketones is 1. The summed E-state index contributed by atoms with van der Waals surface area (Å²) in [5, 5.41) is 10.7. The minimum absolute atomic E-state index is 0.0926. The Kier molecular flexibility index (Phi) is 4.47. The fraction of sp³-hybridized carbons (Fsp3) is 0.417. The van der Waals surface area contributed by atoms with Crippen LogP contribution in [-0.2, 0) is 11.2 Å². The molecule has 0 aliphatic rings. The Morgan fingerprint density at radius 1 is 1.39 bits per heavy atom. The average Bonchev–Trinajstić information content (AvgIpc) is 2.12. The lowest BCUT2D eigenvalue weighted by atomic mass is 10.00. The number of halogens is 2. The lowest BCUT2D eigenvalue weighted by molar-refractivity contribution is -0.388. The second-order valence-electron chi connectivity index (χ2n) is 4.47. The highest BCUT2D eigenvalue weighted by Gasteiger charge is 2.23. The molecule has 0 aliphatic carbocycles. The highest BCUT2D eigenvalue weighted by atomic mass is 19.1. The van der Waals surface area contributed by atoms with Crippen molar-refractivity contribution in [2.75, 3.05) is 0 Å². The van der Waals surface area contributed by atoms with Crippen LogP contribution in [0.4, 0.5) is 14.5 Å². The molecule has 1 aromatic carbocycles. The van der Waals surface area contributed by atoms with Gasteiger partial charge in [-0.2, -0.15) is 4.39 Å². The number of carbonyl (C=O) groups excluding carboxylic acids is 1. The first-order valence-electron chi connectivity index (χ1n) is 5.45. The quantitative estimate of drug-likeness (QED) is 0.601. The first kappa shape index (κ1) is 14.2. The number of nitro groups is 1. The van der Waals surface area contributed by atoms with Gasteiger partial charge in [0.15, 0.2) is 0 Å².